The van der Waals surface area contributed by atoms with Crippen LogP contribution in [0.25, 0.3) is 0 Å². The van der Waals surface area contributed by atoms with E-state index in [0.717, 1.165) is 39.0 Å². The van der Waals surface area contributed by atoms with Gasteiger partial charge in [-0.3, -0.25) is 19.4 Å². The molecule has 6 rings (SSSR count). The minimum Gasteiger partial charge on any atom is -0.465 e. The first-order chi connectivity index (χ1) is 27.1. The monoisotopic (exact) mass is 762 g/mol. The summed E-state index contributed by atoms with van der Waals surface area (Å²) < 4.78 is 10.3. The van der Waals surface area contributed by atoms with E-state index in [1.54, 1.807) is 0 Å². The Hall–Kier alpha value is -4.34. The van der Waals surface area contributed by atoms with Crippen molar-refractivity contribution in [1.82, 2.24) is 9.80 Å². The second-order valence-corrected chi connectivity index (χ2v) is 16.3. The van der Waals surface area contributed by atoms with Gasteiger partial charge in [0.1, 0.15) is 0 Å². The van der Waals surface area contributed by atoms with Crippen molar-refractivity contribution in [3.8, 4) is 0 Å². The van der Waals surface area contributed by atoms with Crippen LogP contribution in [0.3, 0.4) is 0 Å². The van der Waals surface area contributed by atoms with Gasteiger partial charge in [0, 0.05) is 38.3 Å². The normalized spacial score (nSPS) is 19.0. The van der Waals surface area contributed by atoms with Crippen LogP contribution in [0.1, 0.15) is 75.6 Å². The highest BCUT2D eigenvalue weighted by atomic mass is 16.5. The van der Waals surface area contributed by atoms with Crippen LogP contribution >= 0.6 is 0 Å². The SMILES string of the molecule is CC(C)C[C@@H]([C@H](O)[C@@H]1CCOC1=O)N(Cc1ccccc1)Cc1ccccc1.CC(C)C[C@@H]([C@H](O)[C@@H]1CCOC1=O)N(Cc1ccccc1)Cc1ccccc1. The van der Waals surface area contributed by atoms with Gasteiger partial charge in [-0.15, -0.1) is 0 Å². The Bertz CT molecular complexity index is 1510. The molecule has 0 aromatic heterocycles. The van der Waals surface area contributed by atoms with Crippen LogP contribution < -0.4 is 0 Å². The minimum atomic E-state index is -0.732. The third kappa shape index (κ3) is 12.8. The number of ether oxygens (including phenoxy) is 2. The van der Waals surface area contributed by atoms with E-state index in [4.69, 9.17) is 9.47 Å². The molecule has 0 amide bonds. The molecule has 4 aromatic carbocycles. The van der Waals surface area contributed by atoms with E-state index in [2.05, 4.69) is 86.0 Å². The van der Waals surface area contributed by atoms with Gasteiger partial charge in [-0.25, -0.2) is 0 Å². The Balaban J connectivity index is 0.000000214. The van der Waals surface area contributed by atoms with Crippen molar-refractivity contribution in [3.63, 3.8) is 0 Å². The van der Waals surface area contributed by atoms with Crippen LogP contribution in [-0.2, 0) is 45.2 Å². The van der Waals surface area contributed by atoms with Crippen LogP contribution in [0.2, 0.25) is 0 Å². The van der Waals surface area contributed by atoms with Crippen LogP contribution in [0.15, 0.2) is 121 Å². The van der Waals surface area contributed by atoms with Crippen LogP contribution in [0, 0.1) is 23.7 Å². The van der Waals surface area contributed by atoms with Gasteiger partial charge in [0.25, 0.3) is 0 Å². The van der Waals surface area contributed by atoms with Crippen molar-refractivity contribution < 1.29 is 29.3 Å². The Labute approximate surface area is 334 Å². The third-order valence-corrected chi connectivity index (χ3v) is 10.8. The zero-order valence-corrected chi connectivity index (χ0v) is 33.7. The van der Waals surface area contributed by atoms with E-state index in [9.17, 15) is 19.8 Å². The largest absolute Gasteiger partial charge is 0.465 e. The van der Waals surface area contributed by atoms with Gasteiger partial charge < -0.3 is 19.7 Å². The van der Waals surface area contributed by atoms with Gasteiger partial charge in [0.15, 0.2) is 0 Å². The Kier molecular flexibility index (Phi) is 16.7. The predicted octanol–water partition coefficient (Wildman–Crippen LogP) is 8.06. The lowest BCUT2D eigenvalue weighted by atomic mass is 9.88. The number of carbonyl (C=O) groups excluding carboxylic acids is 2. The topological polar surface area (TPSA) is 99.5 Å². The van der Waals surface area contributed by atoms with Gasteiger partial charge in [-0.2, -0.15) is 0 Å². The third-order valence-electron chi connectivity index (χ3n) is 10.8. The number of aliphatic hydroxyl groups excluding tert-OH is 2. The second-order valence-electron chi connectivity index (χ2n) is 16.3. The smallest absolute Gasteiger partial charge is 0.311 e. The number of rotatable bonds is 18. The summed E-state index contributed by atoms with van der Waals surface area (Å²) in [5.74, 6) is -0.575. The maximum absolute atomic E-state index is 12.1. The molecule has 4 aromatic rings. The lowest BCUT2D eigenvalue weighted by Gasteiger charge is -2.37. The van der Waals surface area contributed by atoms with E-state index in [1.165, 1.54) is 22.3 Å². The summed E-state index contributed by atoms with van der Waals surface area (Å²) in [6, 6.07) is 41.0. The van der Waals surface area contributed by atoms with E-state index in [0.29, 0.717) is 37.9 Å². The van der Waals surface area contributed by atoms with E-state index < -0.39 is 24.0 Å². The first kappa shape index (κ1) is 42.8. The summed E-state index contributed by atoms with van der Waals surface area (Å²) in [7, 11) is 0. The molecule has 0 saturated carbocycles. The molecule has 0 radical (unpaired) electrons. The van der Waals surface area contributed by atoms with Gasteiger partial charge in [-0.05, 0) is 59.8 Å². The molecule has 2 N–H and O–H groups in total. The quantitative estimate of drug-likeness (QED) is 0.0984. The molecule has 2 heterocycles. The zero-order chi connectivity index (χ0) is 39.9. The maximum atomic E-state index is 12.1. The van der Waals surface area contributed by atoms with Gasteiger partial charge in [-0.1, -0.05) is 149 Å². The van der Waals surface area contributed by atoms with Crippen molar-refractivity contribution in [3.05, 3.63) is 144 Å². The number of esters is 2. The average Bonchev–Trinajstić information content (AvgIpc) is 3.84. The highest BCUT2D eigenvalue weighted by Gasteiger charge is 2.41. The van der Waals surface area contributed by atoms with Crippen molar-refractivity contribution in [2.45, 2.75) is 104 Å². The standard InChI is InChI=1S/2C24H31NO3/c2*1-18(2)15-22(23(26)21-13-14-28-24(21)27)25(16-19-9-5-3-6-10-19)17-20-11-7-4-8-12-20/h2*3-12,18,21-23,26H,13-17H2,1-2H3/t2*21-,22-,23+/m00/s1. The molecule has 6 atom stereocenters. The summed E-state index contributed by atoms with van der Waals surface area (Å²) in [5.41, 5.74) is 4.81. The molecule has 8 heteroatoms. The summed E-state index contributed by atoms with van der Waals surface area (Å²) in [5, 5.41) is 22.4. The molecule has 0 aliphatic carbocycles. The Morgan fingerprint density at radius 3 is 0.982 bits per heavy atom. The summed E-state index contributed by atoms with van der Waals surface area (Å²) in [4.78, 5) is 28.9. The molecule has 0 spiro atoms. The first-order valence-corrected chi connectivity index (χ1v) is 20.4. The molecule has 2 saturated heterocycles. The molecule has 0 unspecified atom stereocenters. The number of hydrogen-bond donors (Lipinski definition) is 2. The molecule has 56 heavy (non-hydrogen) atoms. The molecule has 8 nitrogen and oxygen atoms in total. The molecular formula is C48H62N2O6. The lowest BCUT2D eigenvalue weighted by molar-refractivity contribution is -0.146. The zero-order valence-electron chi connectivity index (χ0n) is 33.7. The highest BCUT2D eigenvalue weighted by molar-refractivity contribution is 5.75. The van der Waals surface area contributed by atoms with Crippen molar-refractivity contribution in [2.24, 2.45) is 23.7 Å². The molecular weight excluding hydrogens is 701 g/mol. The number of benzene rings is 4. The lowest BCUT2D eigenvalue weighted by Crippen LogP contribution is -2.48. The average molecular weight is 763 g/mol. The molecule has 2 aliphatic rings. The highest BCUT2D eigenvalue weighted by Crippen LogP contribution is 2.30. The Morgan fingerprint density at radius 2 is 0.768 bits per heavy atom. The number of carbonyl (C=O) groups is 2. The van der Waals surface area contributed by atoms with Crippen LogP contribution in [0.4, 0.5) is 0 Å². The van der Waals surface area contributed by atoms with E-state index >= 15 is 0 Å². The van der Waals surface area contributed by atoms with Crippen molar-refractivity contribution in [2.75, 3.05) is 13.2 Å². The predicted molar refractivity (Wildman–Crippen MR) is 221 cm³/mol. The first-order valence-electron chi connectivity index (χ1n) is 20.4. The summed E-state index contributed by atoms with van der Waals surface area (Å²) >= 11 is 0. The van der Waals surface area contributed by atoms with Crippen LogP contribution in [0.5, 0.6) is 0 Å². The second kappa shape index (κ2) is 21.8. The van der Waals surface area contributed by atoms with Gasteiger partial charge in [0.2, 0.25) is 0 Å². The molecule has 2 fully saturated rings. The van der Waals surface area contributed by atoms with Crippen molar-refractivity contribution >= 4 is 11.9 Å². The number of cyclic esters (lactones) is 2. The Morgan fingerprint density at radius 1 is 0.500 bits per heavy atom. The molecule has 0 bridgehead atoms. The van der Waals surface area contributed by atoms with E-state index in [1.807, 2.05) is 72.8 Å². The van der Waals surface area contributed by atoms with Crippen LogP contribution in [-0.4, -0.2) is 69.5 Å². The summed E-state index contributed by atoms with van der Waals surface area (Å²) in [6.45, 7) is 12.4. The number of hydrogen-bond acceptors (Lipinski definition) is 8. The maximum Gasteiger partial charge on any atom is 0.311 e. The number of aliphatic hydroxyl groups is 2. The molecule has 2 aliphatic heterocycles. The van der Waals surface area contributed by atoms with Crippen molar-refractivity contribution in [1.29, 1.82) is 0 Å². The van der Waals surface area contributed by atoms with Gasteiger partial charge in [0.05, 0.1) is 37.3 Å². The fourth-order valence-corrected chi connectivity index (χ4v) is 8.01. The number of nitrogens with zero attached hydrogens (tertiary/aromatic N) is 2. The fraction of sp³-hybridized carbons (Fsp3) is 0.458. The fourth-order valence-electron chi connectivity index (χ4n) is 8.01. The van der Waals surface area contributed by atoms with Gasteiger partial charge >= 0.3 is 11.9 Å². The minimum absolute atomic E-state index is 0.115. The molecule has 300 valence electrons. The van der Waals surface area contributed by atoms with E-state index in [-0.39, 0.29) is 24.0 Å². The summed E-state index contributed by atoms with van der Waals surface area (Å²) in [6.07, 6.45) is 1.38.